The van der Waals surface area contributed by atoms with Crippen molar-refractivity contribution >= 4 is 29.1 Å². The topological polar surface area (TPSA) is 75.4 Å². The number of rotatable bonds is 5. The fourth-order valence-corrected chi connectivity index (χ4v) is 2.14. The number of nitrogen functional groups attached to an aromatic ring is 1. The Balaban J connectivity index is 2.77. The largest absolute Gasteiger partial charge is 0.399 e. The number of nitrogens with zero attached hydrogens (tertiary/aromatic N) is 1. The van der Waals surface area contributed by atoms with Crippen LogP contribution in [0.2, 0.25) is 5.02 Å². The highest BCUT2D eigenvalue weighted by Gasteiger charge is 2.20. The van der Waals surface area contributed by atoms with E-state index in [1.807, 2.05) is 13.8 Å². The van der Waals surface area contributed by atoms with Crippen LogP contribution >= 0.6 is 11.6 Å². The molecule has 110 valence electrons. The van der Waals surface area contributed by atoms with E-state index in [0.717, 1.165) is 0 Å². The lowest BCUT2D eigenvalue weighted by Gasteiger charge is -2.23. The molecule has 3 N–H and O–H groups in total. The van der Waals surface area contributed by atoms with Crippen molar-refractivity contribution < 1.29 is 9.59 Å². The minimum atomic E-state index is -0.595. The third kappa shape index (κ3) is 4.13. The summed E-state index contributed by atoms with van der Waals surface area (Å²) >= 11 is 5.85. The van der Waals surface area contributed by atoms with Crippen LogP contribution in [0, 0.1) is 0 Å². The zero-order chi connectivity index (χ0) is 15.3. The second kappa shape index (κ2) is 7.14. The molecule has 0 aliphatic heterocycles. The molecule has 0 heterocycles. The molecule has 0 aliphatic rings. The first kappa shape index (κ1) is 16.3. The van der Waals surface area contributed by atoms with Gasteiger partial charge >= 0.3 is 0 Å². The van der Waals surface area contributed by atoms with Gasteiger partial charge in [-0.05, 0) is 39.0 Å². The molecular weight excluding hydrogens is 278 g/mol. The lowest BCUT2D eigenvalue weighted by atomic mass is 10.1. The molecule has 5 nitrogen and oxygen atoms in total. The van der Waals surface area contributed by atoms with Gasteiger partial charge in [-0.25, -0.2) is 0 Å². The van der Waals surface area contributed by atoms with E-state index in [9.17, 15) is 9.59 Å². The van der Waals surface area contributed by atoms with E-state index in [1.54, 1.807) is 17.9 Å². The monoisotopic (exact) mass is 297 g/mol. The first-order chi connectivity index (χ1) is 9.38. The van der Waals surface area contributed by atoms with E-state index < -0.39 is 6.04 Å². The number of hydrogen-bond donors (Lipinski definition) is 2. The molecule has 0 aliphatic carbocycles. The van der Waals surface area contributed by atoms with Gasteiger partial charge in [-0.1, -0.05) is 11.6 Å². The van der Waals surface area contributed by atoms with Crippen LogP contribution in [-0.4, -0.2) is 35.8 Å². The Morgan fingerprint density at radius 3 is 2.40 bits per heavy atom. The van der Waals surface area contributed by atoms with Crippen LogP contribution in [0.15, 0.2) is 18.2 Å². The second-order valence-corrected chi connectivity index (χ2v) is 4.92. The highest BCUT2D eigenvalue weighted by molar-refractivity contribution is 6.31. The Morgan fingerprint density at radius 1 is 1.30 bits per heavy atom. The number of likely N-dealkylation sites (N-methyl/N-ethyl adjacent to an activating group) is 1. The van der Waals surface area contributed by atoms with Crippen molar-refractivity contribution in [2.24, 2.45) is 0 Å². The van der Waals surface area contributed by atoms with Gasteiger partial charge < -0.3 is 16.0 Å². The molecule has 1 atom stereocenters. The van der Waals surface area contributed by atoms with Crippen LogP contribution in [0.25, 0.3) is 0 Å². The number of halogens is 1. The molecule has 0 fully saturated rings. The van der Waals surface area contributed by atoms with Crippen molar-refractivity contribution in [2.75, 3.05) is 18.8 Å². The Kier molecular flexibility index (Phi) is 5.82. The molecule has 0 saturated heterocycles. The average molecular weight is 298 g/mol. The highest BCUT2D eigenvalue weighted by atomic mass is 35.5. The van der Waals surface area contributed by atoms with Crippen LogP contribution in [-0.2, 0) is 4.79 Å². The van der Waals surface area contributed by atoms with Crippen molar-refractivity contribution in [3.63, 3.8) is 0 Å². The van der Waals surface area contributed by atoms with Gasteiger partial charge in [0.2, 0.25) is 5.91 Å². The minimum Gasteiger partial charge on any atom is -0.399 e. The molecule has 0 spiro atoms. The van der Waals surface area contributed by atoms with E-state index >= 15 is 0 Å². The Hall–Kier alpha value is -1.75. The molecule has 20 heavy (non-hydrogen) atoms. The standard InChI is InChI=1S/C14H20ClN3O2/c1-4-18(5-2)14(20)9(3)17-13(19)10-6-11(15)8-12(16)7-10/h6-9H,4-5,16H2,1-3H3,(H,17,19). The van der Waals surface area contributed by atoms with E-state index in [2.05, 4.69) is 5.32 Å². The van der Waals surface area contributed by atoms with Gasteiger partial charge in [0.15, 0.2) is 0 Å². The van der Waals surface area contributed by atoms with Crippen molar-refractivity contribution in [1.82, 2.24) is 10.2 Å². The van der Waals surface area contributed by atoms with Crippen molar-refractivity contribution in [2.45, 2.75) is 26.8 Å². The van der Waals surface area contributed by atoms with Gasteiger partial charge in [0.25, 0.3) is 5.91 Å². The average Bonchev–Trinajstić information content (AvgIpc) is 2.38. The zero-order valence-corrected chi connectivity index (χ0v) is 12.7. The molecule has 0 aromatic heterocycles. The molecule has 2 amide bonds. The van der Waals surface area contributed by atoms with Crippen LogP contribution < -0.4 is 11.1 Å². The molecule has 0 radical (unpaired) electrons. The lowest BCUT2D eigenvalue weighted by Crippen LogP contribution is -2.46. The predicted molar refractivity (Wildman–Crippen MR) is 80.7 cm³/mol. The molecular formula is C14H20ClN3O2. The molecule has 0 saturated carbocycles. The van der Waals surface area contributed by atoms with E-state index in [1.165, 1.54) is 12.1 Å². The SMILES string of the molecule is CCN(CC)C(=O)C(C)NC(=O)c1cc(N)cc(Cl)c1. The van der Waals surface area contributed by atoms with Crippen LogP contribution in [0.1, 0.15) is 31.1 Å². The van der Waals surface area contributed by atoms with Crippen molar-refractivity contribution in [1.29, 1.82) is 0 Å². The number of nitrogens with one attached hydrogen (secondary N) is 1. The summed E-state index contributed by atoms with van der Waals surface area (Å²) < 4.78 is 0. The summed E-state index contributed by atoms with van der Waals surface area (Å²) in [4.78, 5) is 25.8. The molecule has 1 aromatic carbocycles. The maximum absolute atomic E-state index is 12.1. The van der Waals surface area contributed by atoms with Gasteiger partial charge in [0.1, 0.15) is 6.04 Å². The summed E-state index contributed by atoms with van der Waals surface area (Å²) in [5, 5.41) is 3.04. The summed E-state index contributed by atoms with van der Waals surface area (Å²) in [6.07, 6.45) is 0. The maximum atomic E-state index is 12.1. The minimum absolute atomic E-state index is 0.113. The Labute approximate surface area is 124 Å². The predicted octanol–water partition coefficient (Wildman–Crippen LogP) is 1.91. The normalized spacial score (nSPS) is 11.8. The summed E-state index contributed by atoms with van der Waals surface area (Å²) in [6, 6.07) is 4.00. The number of nitrogens with two attached hydrogens (primary N) is 1. The number of carbonyl (C=O) groups is 2. The third-order valence-corrected chi connectivity index (χ3v) is 3.19. The van der Waals surface area contributed by atoms with Gasteiger partial charge in [-0.15, -0.1) is 0 Å². The molecule has 6 heteroatoms. The van der Waals surface area contributed by atoms with Gasteiger partial charge in [0, 0.05) is 29.4 Å². The maximum Gasteiger partial charge on any atom is 0.252 e. The zero-order valence-electron chi connectivity index (χ0n) is 11.9. The lowest BCUT2D eigenvalue weighted by molar-refractivity contribution is -0.132. The smallest absolute Gasteiger partial charge is 0.252 e. The molecule has 1 rings (SSSR count). The van der Waals surface area contributed by atoms with E-state index in [4.69, 9.17) is 17.3 Å². The summed E-state index contributed by atoms with van der Waals surface area (Å²) in [5.74, 6) is -0.481. The van der Waals surface area contributed by atoms with Gasteiger partial charge in [-0.3, -0.25) is 9.59 Å². The first-order valence-electron chi connectivity index (χ1n) is 6.54. The van der Waals surface area contributed by atoms with Crippen molar-refractivity contribution in [3.8, 4) is 0 Å². The quantitative estimate of drug-likeness (QED) is 0.815. The third-order valence-electron chi connectivity index (χ3n) is 2.98. The Bertz CT molecular complexity index is 481. The molecule has 1 aromatic rings. The van der Waals surface area contributed by atoms with Crippen molar-refractivity contribution in [3.05, 3.63) is 28.8 Å². The summed E-state index contributed by atoms with van der Waals surface area (Å²) in [6.45, 7) is 6.67. The van der Waals surface area contributed by atoms with Gasteiger partial charge in [-0.2, -0.15) is 0 Å². The van der Waals surface area contributed by atoms with Crippen LogP contribution in [0.5, 0.6) is 0 Å². The fourth-order valence-electron chi connectivity index (χ4n) is 1.89. The summed E-state index contributed by atoms with van der Waals surface area (Å²) in [5.41, 5.74) is 6.39. The number of carbonyl (C=O) groups excluding carboxylic acids is 2. The summed E-state index contributed by atoms with van der Waals surface area (Å²) in [7, 11) is 0. The van der Waals surface area contributed by atoms with E-state index in [-0.39, 0.29) is 11.8 Å². The molecule has 0 bridgehead atoms. The Morgan fingerprint density at radius 2 is 1.90 bits per heavy atom. The van der Waals surface area contributed by atoms with Crippen LogP contribution in [0.4, 0.5) is 5.69 Å². The van der Waals surface area contributed by atoms with E-state index in [0.29, 0.717) is 29.4 Å². The number of amides is 2. The number of benzene rings is 1. The molecule has 1 unspecified atom stereocenters. The van der Waals surface area contributed by atoms with Gasteiger partial charge in [0.05, 0.1) is 0 Å². The number of anilines is 1. The van der Waals surface area contributed by atoms with Crippen LogP contribution in [0.3, 0.4) is 0 Å². The first-order valence-corrected chi connectivity index (χ1v) is 6.92. The second-order valence-electron chi connectivity index (χ2n) is 4.48. The highest BCUT2D eigenvalue weighted by Crippen LogP contribution is 2.16. The fraction of sp³-hybridized carbons (Fsp3) is 0.429. The number of hydrogen-bond acceptors (Lipinski definition) is 3.